The minimum Gasteiger partial charge on any atom is -0.394 e. The second-order valence-electron chi connectivity index (χ2n) is 4.59. The summed E-state index contributed by atoms with van der Waals surface area (Å²) in [5.41, 5.74) is 0. The number of carbonyl (C=O) groups is 1. The summed E-state index contributed by atoms with van der Waals surface area (Å²) in [6, 6.07) is 0. The Balaban J connectivity index is 2.13. The maximum Gasteiger partial charge on any atom is 0.411 e. The van der Waals surface area contributed by atoms with Crippen LogP contribution in [0, 0.1) is 0 Å². The first kappa shape index (κ1) is 17.2. The van der Waals surface area contributed by atoms with Crippen LogP contribution in [-0.4, -0.2) is 67.7 Å². The third kappa shape index (κ3) is 7.06. The number of piperidine rings is 1. The minimum absolute atomic E-state index is 0.0321. The summed E-state index contributed by atoms with van der Waals surface area (Å²) < 4.78 is 45.2. The molecule has 0 aromatic rings. The highest BCUT2D eigenvalue weighted by Gasteiger charge is 2.28. The van der Waals surface area contributed by atoms with Crippen LogP contribution in [0.2, 0.25) is 0 Å². The molecule has 20 heavy (non-hydrogen) atoms. The lowest BCUT2D eigenvalue weighted by atomic mass is 10.1. The third-order valence-electron chi connectivity index (χ3n) is 2.97. The molecule has 1 amide bonds. The number of halogens is 3. The minimum atomic E-state index is -4.36. The Morgan fingerprint density at radius 3 is 2.45 bits per heavy atom. The van der Waals surface area contributed by atoms with E-state index in [4.69, 9.17) is 9.84 Å². The topological polar surface area (TPSA) is 59.0 Å². The number of alkyl halides is 3. The second kappa shape index (κ2) is 8.43. The summed E-state index contributed by atoms with van der Waals surface area (Å²) in [6.07, 6.45) is -3.01. The van der Waals surface area contributed by atoms with Crippen molar-refractivity contribution >= 4 is 5.91 Å². The zero-order valence-corrected chi connectivity index (χ0v) is 11.2. The van der Waals surface area contributed by atoms with Crippen molar-refractivity contribution in [2.24, 2.45) is 0 Å². The van der Waals surface area contributed by atoms with Crippen molar-refractivity contribution in [2.75, 3.05) is 39.5 Å². The summed E-state index contributed by atoms with van der Waals surface area (Å²) in [5.74, 6) is -0.201. The average Bonchev–Trinajstić information content (AvgIpc) is 2.40. The molecule has 1 aliphatic heterocycles. The van der Waals surface area contributed by atoms with Crippen LogP contribution >= 0.6 is 0 Å². The monoisotopic (exact) mass is 299 g/mol. The lowest BCUT2D eigenvalue weighted by Crippen LogP contribution is -2.41. The van der Waals surface area contributed by atoms with Crippen LogP contribution in [0.15, 0.2) is 0 Å². The highest BCUT2D eigenvalue weighted by molar-refractivity contribution is 5.76. The quantitative estimate of drug-likeness (QED) is 0.711. The number of aliphatic hydroxyl groups excluding tert-OH is 1. The van der Waals surface area contributed by atoms with Crippen molar-refractivity contribution in [2.45, 2.75) is 31.5 Å². The Labute approximate surface area is 115 Å². The highest BCUT2D eigenvalue weighted by atomic mass is 19.4. The van der Waals surface area contributed by atoms with Gasteiger partial charge in [-0.3, -0.25) is 4.79 Å². The first-order valence-corrected chi connectivity index (χ1v) is 6.57. The van der Waals surface area contributed by atoms with Crippen molar-refractivity contribution < 1.29 is 32.5 Å². The van der Waals surface area contributed by atoms with Gasteiger partial charge in [0.15, 0.2) is 0 Å². The van der Waals surface area contributed by atoms with E-state index in [0.717, 1.165) is 0 Å². The molecule has 0 aromatic carbocycles. The average molecular weight is 299 g/mol. The number of aliphatic hydroxyl groups is 1. The van der Waals surface area contributed by atoms with Gasteiger partial charge in [-0.2, -0.15) is 13.2 Å². The van der Waals surface area contributed by atoms with Crippen molar-refractivity contribution in [3.8, 4) is 0 Å². The summed E-state index contributed by atoms with van der Waals surface area (Å²) in [5, 5.41) is 8.63. The van der Waals surface area contributed by atoms with Gasteiger partial charge in [0.25, 0.3) is 0 Å². The fraction of sp³-hybridized carbons (Fsp3) is 0.917. The number of likely N-dealkylation sites (tertiary alicyclic amines) is 1. The summed E-state index contributed by atoms with van der Waals surface area (Å²) in [4.78, 5) is 13.3. The number of rotatable bonds is 7. The smallest absolute Gasteiger partial charge is 0.394 e. The fourth-order valence-electron chi connectivity index (χ4n) is 2.00. The largest absolute Gasteiger partial charge is 0.411 e. The van der Waals surface area contributed by atoms with Crippen molar-refractivity contribution in [3.63, 3.8) is 0 Å². The molecule has 5 nitrogen and oxygen atoms in total. The molecule has 0 unspecified atom stereocenters. The van der Waals surface area contributed by atoms with Gasteiger partial charge in [0.05, 0.1) is 32.3 Å². The molecule has 8 heteroatoms. The maximum absolute atomic E-state index is 11.8. The number of amides is 1. The molecule has 1 heterocycles. The van der Waals surface area contributed by atoms with E-state index < -0.39 is 12.8 Å². The molecule has 1 rings (SSSR count). The van der Waals surface area contributed by atoms with Gasteiger partial charge >= 0.3 is 6.18 Å². The van der Waals surface area contributed by atoms with Crippen LogP contribution in [0.4, 0.5) is 13.2 Å². The SMILES string of the molecule is O=C(CCOCC(F)(F)F)N1CCC(OCCO)CC1. The molecule has 0 aliphatic carbocycles. The van der Waals surface area contributed by atoms with E-state index >= 15 is 0 Å². The Bertz CT molecular complexity index is 291. The van der Waals surface area contributed by atoms with Crippen molar-refractivity contribution in [3.05, 3.63) is 0 Å². The number of hydrogen-bond donors (Lipinski definition) is 1. The van der Waals surface area contributed by atoms with Crippen LogP contribution in [0.25, 0.3) is 0 Å². The Kier molecular flexibility index (Phi) is 7.25. The zero-order chi connectivity index (χ0) is 15.0. The van der Waals surface area contributed by atoms with Gasteiger partial charge in [0.2, 0.25) is 5.91 Å². The molecule has 1 aliphatic rings. The second-order valence-corrected chi connectivity index (χ2v) is 4.59. The van der Waals surface area contributed by atoms with Crippen LogP contribution in [0.1, 0.15) is 19.3 Å². The van der Waals surface area contributed by atoms with E-state index in [1.165, 1.54) is 0 Å². The lowest BCUT2D eigenvalue weighted by molar-refractivity contribution is -0.175. The number of hydrogen-bond acceptors (Lipinski definition) is 4. The normalized spacial score (nSPS) is 17.5. The van der Waals surface area contributed by atoms with E-state index in [2.05, 4.69) is 4.74 Å². The Morgan fingerprint density at radius 2 is 1.90 bits per heavy atom. The van der Waals surface area contributed by atoms with Crippen LogP contribution in [-0.2, 0) is 14.3 Å². The molecule has 0 bridgehead atoms. The van der Waals surface area contributed by atoms with E-state index in [9.17, 15) is 18.0 Å². The molecule has 0 atom stereocenters. The Morgan fingerprint density at radius 1 is 1.25 bits per heavy atom. The van der Waals surface area contributed by atoms with Crippen molar-refractivity contribution in [1.82, 2.24) is 4.90 Å². The maximum atomic E-state index is 11.8. The number of ether oxygens (including phenoxy) is 2. The molecular formula is C12H20F3NO4. The molecule has 1 fully saturated rings. The molecule has 1 saturated heterocycles. The summed E-state index contributed by atoms with van der Waals surface area (Å²) >= 11 is 0. The molecule has 0 radical (unpaired) electrons. The van der Waals surface area contributed by atoms with Gasteiger partial charge in [-0.1, -0.05) is 0 Å². The van der Waals surface area contributed by atoms with Crippen LogP contribution in [0.5, 0.6) is 0 Å². The fourth-order valence-corrected chi connectivity index (χ4v) is 2.00. The van der Waals surface area contributed by atoms with E-state index in [-0.39, 0.29) is 38.3 Å². The van der Waals surface area contributed by atoms with E-state index in [1.54, 1.807) is 4.90 Å². The Hall–Kier alpha value is -0.860. The van der Waals surface area contributed by atoms with Gasteiger partial charge in [-0.05, 0) is 12.8 Å². The van der Waals surface area contributed by atoms with Crippen LogP contribution < -0.4 is 0 Å². The van der Waals surface area contributed by atoms with Crippen LogP contribution in [0.3, 0.4) is 0 Å². The molecule has 0 spiro atoms. The number of nitrogens with zero attached hydrogens (tertiary/aromatic N) is 1. The zero-order valence-electron chi connectivity index (χ0n) is 11.2. The van der Waals surface area contributed by atoms with Gasteiger partial charge < -0.3 is 19.5 Å². The van der Waals surface area contributed by atoms with Crippen molar-refractivity contribution in [1.29, 1.82) is 0 Å². The molecule has 1 N–H and O–H groups in total. The summed E-state index contributed by atoms with van der Waals surface area (Å²) in [6.45, 7) is -0.251. The first-order chi connectivity index (χ1) is 9.42. The van der Waals surface area contributed by atoms with Gasteiger partial charge in [-0.25, -0.2) is 0 Å². The lowest BCUT2D eigenvalue weighted by Gasteiger charge is -2.32. The van der Waals surface area contributed by atoms with Gasteiger partial charge in [0.1, 0.15) is 6.61 Å². The first-order valence-electron chi connectivity index (χ1n) is 6.57. The summed E-state index contributed by atoms with van der Waals surface area (Å²) in [7, 11) is 0. The molecule has 0 aromatic heterocycles. The highest BCUT2D eigenvalue weighted by Crippen LogP contribution is 2.16. The van der Waals surface area contributed by atoms with E-state index in [1.807, 2.05) is 0 Å². The van der Waals surface area contributed by atoms with Gasteiger partial charge in [0, 0.05) is 13.1 Å². The molecular weight excluding hydrogens is 279 g/mol. The standard InChI is InChI=1S/C12H20F3NO4/c13-12(14,15)9-19-7-3-11(18)16-4-1-10(2-5-16)20-8-6-17/h10,17H,1-9H2. The number of carbonyl (C=O) groups excluding carboxylic acids is 1. The van der Waals surface area contributed by atoms with E-state index in [0.29, 0.717) is 25.9 Å². The molecule has 0 saturated carbocycles. The van der Waals surface area contributed by atoms with Gasteiger partial charge in [-0.15, -0.1) is 0 Å². The third-order valence-corrected chi connectivity index (χ3v) is 2.97. The predicted octanol–water partition coefficient (Wildman–Crippen LogP) is 0.955. The predicted molar refractivity (Wildman–Crippen MR) is 64.1 cm³/mol. The molecule has 118 valence electrons.